The second-order valence-corrected chi connectivity index (χ2v) is 4.14. The molecule has 1 aromatic carbocycles. The van der Waals surface area contributed by atoms with Crippen LogP contribution in [0.2, 0.25) is 0 Å². The topological polar surface area (TPSA) is 71.3 Å². The van der Waals surface area contributed by atoms with E-state index in [4.69, 9.17) is 19.8 Å². The monoisotopic (exact) mass is 279 g/mol. The average Bonchev–Trinajstić information content (AvgIpc) is 2.48. The van der Waals surface area contributed by atoms with Crippen LogP contribution in [-0.2, 0) is 16.1 Å². The number of rotatable bonds is 10. The Morgan fingerprint density at radius 3 is 2.70 bits per heavy atom. The number of benzene rings is 1. The van der Waals surface area contributed by atoms with Gasteiger partial charge in [-0.3, -0.25) is 0 Å². The van der Waals surface area contributed by atoms with Gasteiger partial charge in [0.1, 0.15) is 0 Å². The van der Waals surface area contributed by atoms with Crippen molar-refractivity contribution in [3.05, 3.63) is 48.0 Å². The molecule has 0 amide bonds. The van der Waals surface area contributed by atoms with E-state index in [0.717, 1.165) is 5.56 Å². The Hall–Kier alpha value is -1.69. The third-order valence-electron chi connectivity index (χ3n) is 2.57. The van der Waals surface area contributed by atoms with Gasteiger partial charge in [-0.05, 0) is 12.0 Å². The first-order valence-corrected chi connectivity index (χ1v) is 6.51. The fraction of sp³-hybridized carbons (Fsp3) is 0.400. The molecule has 2 N–H and O–H groups in total. The second kappa shape index (κ2) is 11.2. The van der Waals surface area contributed by atoms with Crippen LogP contribution in [0.5, 0.6) is 0 Å². The molecule has 0 aliphatic heterocycles. The molecule has 0 saturated heterocycles. The van der Waals surface area contributed by atoms with Crippen molar-refractivity contribution in [2.75, 3.05) is 19.8 Å². The first-order valence-electron chi connectivity index (χ1n) is 6.51. The van der Waals surface area contributed by atoms with Crippen LogP contribution in [0.15, 0.2) is 47.6 Å². The van der Waals surface area contributed by atoms with E-state index in [1.807, 2.05) is 36.4 Å². The predicted octanol–water partition coefficient (Wildman–Crippen LogP) is 1.99. The minimum atomic E-state index is -0.139. The number of hydrogen-bond acceptors (Lipinski definition) is 5. The minimum Gasteiger partial charge on any atom is -0.411 e. The van der Waals surface area contributed by atoms with Gasteiger partial charge >= 0.3 is 0 Å². The molecule has 0 aliphatic carbocycles. The molecule has 1 rings (SSSR count). The van der Waals surface area contributed by atoms with Crippen molar-refractivity contribution in [3.63, 3.8) is 0 Å². The first kappa shape index (κ1) is 16.4. The maximum absolute atomic E-state index is 8.70. The number of ether oxygens (including phenoxy) is 2. The van der Waals surface area contributed by atoms with Crippen LogP contribution in [0.25, 0.3) is 0 Å². The first-order chi connectivity index (χ1) is 9.86. The highest BCUT2D eigenvalue weighted by Gasteiger charge is 2.07. The van der Waals surface area contributed by atoms with Crippen LogP contribution >= 0.6 is 0 Å². The Morgan fingerprint density at radius 2 is 2.00 bits per heavy atom. The van der Waals surface area contributed by atoms with E-state index < -0.39 is 0 Å². The van der Waals surface area contributed by atoms with Gasteiger partial charge in [-0.15, -0.1) is 0 Å². The van der Waals surface area contributed by atoms with Crippen molar-refractivity contribution in [3.8, 4) is 0 Å². The van der Waals surface area contributed by atoms with Crippen molar-refractivity contribution in [1.29, 1.82) is 0 Å². The summed E-state index contributed by atoms with van der Waals surface area (Å²) in [6.45, 7) is 1.20. The lowest BCUT2D eigenvalue weighted by Crippen LogP contribution is -2.20. The van der Waals surface area contributed by atoms with Crippen molar-refractivity contribution in [2.24, 2.45) is 5.16 Å². The van der Waals surface area contributed by atoms with Gasteiger partial charge in [-0.2, -0.15) is 0 Å². The van der Waals surface area contributed by atoms with Crippen molar-refractivity contribution in [2.45, 2.75) is 19.1 Å². The summed E-state index contributed by atoms with van der Waals surface area (Å²) in [6, 6.07) is 9.89. The quantitative estimate of drug-likeness (QED) is 0.297. The summed E-state index contributed by atoms with van der Waals surface area (Å²) in [7, 11) is 0. The molecule has 0 fully saturated rings. The summed E-state index contributed by atoms with van der Waals surface area (Å²) in [6.07, 6.45) is 5.27. The average molecular weight is 279 g/mol. The van der Waals surface area contributed by atoms with Gasteiger partial charge in [0, 0.05) is 0 Å². The lowest BCUT2D eigenvalue weighted by atomic mass is 10.2. The molecular weight excluding hydrogens is 258 g/mol. The van der Waals surface area contributed by atoms with Crippen LogP contribution in [0.1, 0.15) is 12.0 Å². The van der Waals surface area contributed by atoms with Crippen molar-refractivity contribution in [1.82, 2.24) is 0 Å². The minimum absolute atomic E-state index is 0.00961. The molecule has 0 aliphatic rings. The number of aliphatic hydroxyl groups excluding tert-OH is 1. The largest absolute Gasteiger partial charge is 0.411 e. The summed E-state index contributed by atoms with van der Waals surface area (Å²) >= 11 is 0. The van der Waals surface area contributed by atoms with Crippen LogP contribution in [0, 0.1) is 0 Å². The number of aliphatic hydroxyl groups is 1. The molecule has 1 atom stereocenters. The highest BCUT2D eigenvalue weighted by atomic mass is 16.5. The van der Waals surface area contributed by atoms with E-state index in [9.17, 15) is 0 Å². The molecule has 0 bridgehead atoms. The molecule has 0 aromatic heterocycles. The lowest BCUT2D eigenvalue weighted by molar-refractivity contribution is -0.00552. The van der Waals surface area contributed by atoms with Gasteiger partial charge in [0.05, 0.1) is 38.7 Å². The predicted molar refractivity (Wildman–Crippen MR) is 77.0 cm³/mol. The van der Waals surface area contributed by atoms with Gasteiger partial charge in [0.25, 0.3) is 0 Å². The molecular formula is C15H21NO4. The maximum atomic E-state index is 8.70. The fourth-order valence-corrected chi connectivity index (χ4v) is 1.60. The van der Waals surface area contributed by atoms with E-state index in [-0.39, 0.29) is 19.3 Å². The second-order valence-electron chi connectivity index (χ2n) is 4.14. The lowest BCUT2D eigenvalue weighted by Gasteiger charge is -2.15. The molecule has 0 spiro atoms. The Kier molecular flexibility index (Phi) is 9.13. The third kappa shape index (κ3) is 7.68. The molecule has 110 valence electrons. The van der Waals surface area contributed by atoms with E-state index >= 15 is 0 Å². The van der Waals surface area contributed by atoms with Crippen molar-refractivity contribution < 1.29 is 19.8 Å². The standard InChI is InChI=1S/C15H21NO4/c17-10-5-4-8-15(20-11-9-16-18)13-19-12-14-6-2-1-3-7-14/h1-7,9,15,17-18H,8,10-13H2/b5-4+,16-9+/t15-/m1/s1. The molecule has 0 unspecified atom stereocenters. The molecule has 0 heterocycles. The van der Waals surface area contributed by atoms with E-state index in [1.165, 1.54) is 6.21 Å². The van der Waals surface area contributed by atoms with Gasteiger partial charge in [-0.1, -0.05) is 47.6 Å². The fourth-order valence-electron chi connectivity index (χ4n) is 1.60. The molecule has 0 radical (unpaired) electrons. The van der Waals surface area contributed by atoms with E-state index in [1.54, 1.807) is 6.08 Å². The number of nitrogens with zero attached hydrogens (tertiary/aromatic N) is 1. The van der Waals surface area contributed by atoms with Crippen LogP contribution in [0.4, 0.5) is 0 Å². The molecule has 0 saturated carbocycles. The number of hydrogen-bond donors (Lipinski definition) is 2. The summed E-state index contributed by atoms with van der Waals surface area (Å²) < 4.78 is 11.1. The summed E-state index contributed by atoms with van der Waals surface area (Å²) in [4.78, 5) is 0. The Morgan fingerprint density at radius 1 is 1.20 bits per heavy atom. The van der Waals surface area contributed by atoms with Crippen molar-refractivity contribution >= 4 is 6.21 Å². The van der Waals surface area contributed by atoms with Gasteiger partial charge in [-0.25, -0.2) is 0 Å². The zero-order valence-corrected chi connectivity index (χ0v) is 11.4. The number of oxime groups is 1. The van der Waals surface area contributed by atoms with Gasteiger partial charge in [0.15, 0.2) is 0 Å². The zero-order valence-electron chi connectivity index (χ0n) is 11.4. The van der Waals surface area contributed by atoms with Crippen LogP contribution in [-0.4, -0.2) is 42.5 Å². The Balaban J connectivity index is 2.32. The summed E-state index contributed by atoms with van der Waals surface area (Å²) in [5, 5.41) is 19.9. The molecule has 1 aromatic rings. The molecule has 5 nitrogen and oxygen atoms in total. The maximum Gasteiger partial charge on any atom is 0.0857 e. The van der Waals surface area contributed by atoms with E-state index in [0.29, 0.717) is 19.6 Å². The summed E-state index contributed by atoms with van der Waals surface area (Å²) in [5.74, 6) is 0. The molecule has 5 heteroatoms. The summed E-state index contributed by atoms with van der Waals surface area (Å²) in [5.41, 5.74) is 1.11. The van der Waals surface area contributed by atoms with Crippen LogP contribution < -0.4 is 0 Å². The SMILES string of the molecule is OC/C=C/C[C@H](COCc1ccccc1)OC/C=N/O. The normalized spacial score (nSPS) is 13.2. The Bertz CT molecular complexity index is 392. The molecule has 20 heavy (non-hydrogen) atoms. The third-order valence-corrected chi connectivity index (χ3v) is 2.57. The van der Waals surface area contributed by atoms with Gasteiger partial charge in [0.2, 0.25) is 0 Å². The van der Waals surface area contributed by atoms with E-state index in [2.05, 4.69) is 5.16 Å². The zero-order chi connectivity index (χ0) is 14.5. The smallest absolute Gasteiger partial charge is 0.0857 e. The Labute approximate surface area is 119 Å². The van der Waals surface area contributed by atoms with Crippen LogP contribution in [0.3, 0.4) is 0 Å². The van der Waals surface area contributed by atoms with Gasteiger partial charge < -0.3 is 19.8 Å². The highest BCUT2D eigenvalue weighted by molar-refractivity contribution is 5.57. The highest BCUT2D eigenvalue weighted by Crippen LogP contribution is 2.05.